The lowest BCUT2D eigenvalue weighted by Crippen LogP contribution is -2.27. The number of aliphatic imine (C=N–C) groups is 1. The van der Waals surface area contributed by atoms with Crippen molar-refractivity contribution in [3.8, 4) is 6.07 Å². The Hall–Kier alpha value is -1.84. The first-order chi connectivity index (χ1) is 11.8. The van der Waals surface area contributed by atoms with E-state index in [0.29, 0.717) is 11.1 Å². The van der Waals surface area contributed by atoms with Gasteiger partial charge in [0.15, 0.2) is 0 Å². The van der Waals surface area contributed by atoms with Crippen molar-refractivity contribution in [3.63, 3.8) is 0 Å². The topological polar surface area (TPSA) is 36.1 Å². The summed E-state index contributed by atoms with van der Waals surface area (Å²) in [5, 5.41) is 8.97. The lowest BCUT2D eigenvalue weighted by molar-refractivity contribution is -0.147. The van der Waals surface area contributed by atoms with Crippen LogP contribution >= 0.6 is 27.5 Å². The van der Waals surface area contributed by atoms with Crippen LogP contribution in [0.5, 0.6) is 0 Å². The zero-order chi connectivity index (χ0) is 18.4. The molecule has 0 fully saturated rings. The smallest absolute Gasteiger partial charge is 0.280 e. The summed E-state index contributed by atoms with van der Waals surface area (Å²) in [6.07, 6.45) is -3.26. The van der Waals surface area contributed by atoms with E-state index in [1.807, 2.05) is 6.07 Å². The number of hydrogen-bond donors (Lipinski definition) is 0. The molecule has 0 amide bonds. The van der Waals surface area contributed by atoms with E-state index >= 15 is 0 Å². The number of benzene rings is 2. The Labute approximate surface area is 157 Å². The molecule has 2 rings (SSSR count). The summed E-state index contributed by atoms with van der Waals surface area (Å²) in [6.45, 7) is 0. The molecule has 0 bridgehead atoms. The lowest BCUT2D eigenvalue weighted by atomic mass is 10.1. The van der Waals surface area contributed by atoms with Crippen molar-refractivity contribution in [3.05, 3.63) is 68.7 Å². The highest BCUT2D eigenvalue weighted by Gasteiger charge is 2.38. The van der Waals surface area contributed by atoms with Crippen LogP contribution in [0.3, 0.4) is 0 Å². The summed E-state index contributed by atoms with van der Waals surface area (Å²) in [4.78, 5) is 3.69. The van der Waals surface area contributed by atoms with Crippen molar-refractivity contribution in [2.24, 2.45) is 4.99 Å². The van der Waals surface area contributed by atoms with Crippen molar-refractivity contribution < 1.29 is 13.2 Å². The first kappa shape index (κ1) is 19.5. The summed E-state index contributed by atoms with van der Waals surface area (Å²) in [5.74, 6) is 0. The number of aryl methyl sites for hydroxylation is 1. The van der Waals surface area contributed by atoms with Crippen LogP contribution in [0, 0.1) is 11.3 Å². The predicted molar refractivity (Wildman–Crippen MR) is 96.1 cm³/mol. The fraction of sp³-hybridized carbons (Fsp3) is 0.222. The average Bonchev–Trinajstić information content (AvgIpc) is 2.56. The third-order valence-corrected chi connectivity index (χ3v) is 4.65. The molecule has 0 heterocycles. The van der Waals surface area contributed by atoms with Crippen molar-refractivity contribution in [1.29, 1.82) is 5.26 Å². The molecule has 1 atom stereocenters. The molecule has 0 spiro atoms. The normalized spacial score (nSPS) is 13.0. The molecule has 1 unspecified atom stereocenters. The Morgan fingerprint density at radius 1 is 1.24 bits per heavy atom. The molecule has 0 radical (unpaired) electrons. The Bertz CT molecular complexity index is 813. The van der Waals surface area contributed by atoms with Crippen molar-refractivity contribution in [1.82, 2.24) is 0 Å². The van der Waals surface area contributed by atoms with Crippen molar-refractivity contribution in [2.75, 3.05) is 0 Å². The SMILES string of the molecule is N#Cc1ccc(C=NC(CCc2ccccc2Br)C(F)(F)F)c(Cl)c1. The Morgan fingerprint density at radius 3 is 2.56 bits per heavy atom. The van der Waals surface area contributed by atoms with Gasteiger partial charge in [0.2, 0.25) is 0 Å². The van der Waals surface area contributed by atoms with E-state index in [1.54, 1.807) is 24.3 Å². The minimum absolute atomic E-state index is 0.170. The molecule has 0 N–H and O–H groups in total. The molecular formula is C18H13BrClF3N2. The highest BCUT2D eigenvalue weighted by atomic mass is 79.9. The Morgan fingerprint density at radius 2 is 1.96 bits per heavy atom. The number of alkyl halides is 3. The van der Waals surface area contributed by atoms with Gasteiger partial charge < -0.3 is 0 Å². The minimum Gasteiger partial charge on any atom is -0.280 e. The number of hydrogen-bond acceptors (Lipinski definition) is 2. The van der Waals surface area contributed by atoms with Crippen molar-refractivity contribution in [2.45, 2.75) is 25.1 Å². The maximum Gasteiger partial charge on any atom is 0.410 e. The highest BCUT2D eigenvalue weighted by molar-refractivity contribution is 9.10. The molecule has 2 aromatic carbocycles. The van der Waals surface area contributed by atoms with Gasteiger partial charge in [0.05, 0.1) is 16.7 Å². The third-order valence-electron chi connectivity index (χ3n) is 3.55. The van der Waals surface area contributed by atoms with Crippen LogP contribution in [0.2, 0.25) is 5.02 Å². The second kappa shape index (κ2) is 8.50. The van der Waals surface area contributed by atoms with Gasteiger partial charge in [0, 0.05) is 16.3 Å². The van der Waals surface area contributed by atoms with Crippen LogP contribution in [-0.2, 0) is 6.42 Å². The molecule has 2 nitrogen and oxygen atoms in total. The summed E-state index contributed by atoms with van der Waals surface area (Å²) in [6, 6.07) is 11.6. The fourth-order valence-corrected chi connectivity index (χ4v) is 2.90. The van der Waals surface area contributed by atoms with Crippen molar-refractivity contribution >= 4 is 33.7 Å². The van der Waals surface area contributed by atoms with Gasteiger partial charge in [-0.25, -0.2) is 0 Å². The molecule has 0 aliphatic carbocycles. The molecule has 25 heavy (non-hydrogen) atoms. The number of nitriles is 1. The van der Waals surface area contributed by atoms with Gasteiger partial charge in [0.1, 0.15) is 6.04 Å². The van der Waals surface area contributed by atoms with Gasteiger partial charge in [-0.15, -0.1) is 0 Å². The maximum atomic E-state index is 13.2. The first-order valence-electron chi connectivity index (χ1n) is 7.34. The standard InChI is InChI=1S/C18H13BrClF3N2/c19-15-4-2-1-3-13(15)7-8-17(18(21,22)23)25-11-14-6-5-12(10-24)9-16(14)20/h1-6,9,11,17H,7-8H2. The van der Waals surface area contributed by atoms with Crippen LogP contribution in [0.4, 0.5) is 13.2 Å². The van der Waals surface area contributed by atoms with Gasteiger partial charge in [-0.05, 0) is 36.6 Å². The Kier molecular flexibility index (Phi) is 6.63. The van der Waals surface area contributed by atoms with E-state index in [0.717, 1.165) is 16.3 Å². The van der Waals surface area contributed by atoms with Gasteiger partial charge in [-0.2, -0.15) is 18.4 Å². The molecule has 130 valence electrons. The molecular weight excluding hydrogens is 417 g/mol. The van der Waals surface area contributed by atoms with E-state index < -0.39 is 12.2 Å². The highest BCUT2D eigenvalue weighted by Crippen LogP contribution is 2.28. The van der Waals surface area contributed by atoms with Gasteiger partial charge in [-0.1, -0.05) is 51.8 Å². The van der Waals surface area contributed by atoms with E-state index in [9.17, 15) is 13.2 Å². The summed E-state index contributed by atoms with van der Waals surface area (Å²) < 4.78 is 40.5. The zero-order valence-electron chi connectivity index (χ0n) is 12.9. The van der Waals surface area contributed by atoms with Crippen LogP contribution in [-0.4, -0.2) is 18.4 Å². The van der Waals surface area contributed by atoms with E-state index in [2.05, 4.69) is 20.9 Å². The van der Waals surface area contributed by atoms with Crippen LogP contribution in [0.1, 0.15) is 23.1 Å². The second-order valence-electron chi connectivity index (χ2n) is 5.31. The largest absolute Gasteiger partial charge is 0.410 e. The van der Waals surface area contributed by atoms with Crippen LogP contribution < -0.4 is 0 Å². The molecule has 2 aromatic rings. The minimum atomic E-state index is -4.45. The van der Waals surface area contributed by atoms with Crippen LogP contribution in [0.25, 0.3) is 0 Å². The van der Waals surface area contributed by atoms with Gasteiger partial charge >= 0.3 is 6.18 Å². The quantitative estimate of drug-likeness (QED) is 0.540. The summed E-state index contributed by atoms with van der Waals surface area (Å²) >= 11 is 9.30. The number of halogens is 5. The summed E-state index contributed by atoms with van der Waals surface area (Å²) in [7, 11) is 0. The molecule has 0 saturated heterocycles. The molecule has 0 aliphatic rings. The second-order valence-corrected chi connectivity index (χ2v) is 6.58. The monoisotopic (exact) mass is 428 g/mol. The van der Waals surface area contributed by atoms with E-state index in [1.165, 1.54) is 18.2 Å². The van der Waals surface area contributed by atoms with Gasteiger partial charge in [0.25, 0.3) is 0 Å². The van der Waals surface area contributed by atoms with E-state index in [-0.39, 0.29) is 17.9 Å². The average molecular weight is 430 g/mol. The predicted octanol–water partition coefficient (Wildman–Crippen LogP) is 5.96. The number of rotatable bonds is 5. The Balaban J connectivity index is 2.16. The molecule has 0 aromatic heterocycles. The number of nitrogens with zero attached hydrogens (tertiary/aromatic N) is 2. The van der Waals surface area contributed by atoms with Crippen LogP contribution in [0.15, 0.2) is 51.9 Å². The third kappa shape index (κ3) is 5.58. The fourth-order valence-electron chi connectivity index (χ4n) is 2.19. The summed E-state index contributed by atoms with van der Waals surface area (Å²) in [5.41, 5.74) is 1.47. The van der Waals surface area contributed by atoms with E-state index in [4.69, 9.17) is 16.9 Å². The molecule has 7 heteroatoms. The molecule has 0 aliphatic heterocycles. The van der Waals surface area contributed by atoms with Gasteiger partial charge in [-0.3, -0.25) is 4.99 Å². The lowest BCUT2D eigenvalue weighted by Gasteiger charge is -2.16. The zero-order valence-corrected chi connectivity index (χ0v) is 15.2. The first-order valence-corrected chi connectivity index (χ1v) is 8.51. The maximum absolute atomic E-state index is 13.2. The molecule has 0 saturated carbocycles.